The molecule has 1 aromatic carbocycles. The van der Waals surface area contributed by atoms with Gasteiger partial charge >= 0.3 is 5.63 Å². The van der Waals surface area contributed by atoms with Crippen LogP contribution >= 0.6 is 0 Å². The van der Waals surface area contributed by atoms with Crippen LogP contribution in [0.2, 0.25) is 0 Å². The lowest BCUT2D eigenvalue weighted by Gasteiger charge is -2.09. The Labute approximate surface area is 111 Å². The van der Waals surface area contributed by atoms with E-state index in [4.69, 9.17) is 4.42 Å². The van der Waals surface area contributed by atoms with E-state index in [0.29, 0.717) is 18.5 Å². The van der Waals surface area contributed by atoms with Crippen molar-refractivity contribution in [3.63, 3.8) is 0 Å². The van der Waals surface area contributed by atoms with Gasteiger partial charge in [0, 0.05) is 24.4 Å². The van der Waals surface area contributed by atoms with Gasteiger partial charge < -0.3 is 9.73 Å². The van der Waals surface area contributed by atoms with Crippen LogP contribution in [0.3, 0.4) is 0 Å². The molecule has 0 aliphatic heterocycles. The van der Waals surface area contributed by atoms with E-state index in [1.54, 1.807) is 6.92 Å². The Kier molecular flexibility index (Phi) is 3.69. The number of nitrogens with one attached hydrogen (secondary N) is 1. The molecule has 1 heterocycles. The molecule has 0 unspecified atom stereocenters. The molecule has 0 aliphatic carbocycles. The van der Waals surface area contributed by atoms with Gasteiger partial charge in [0.2, 0.25) is 5.91 Å². The number of rotatable bonds is 3. The third-order valence-corrected chi connectivity index (χ3v) is 3.24. The van der Waals surface area contributed by atoms with E-state index in [0.717, 1.165) is 22.1 Å². The lowest BCUT2D eigenvalue weighted by molar-refractivity contribution is -0.120. The van der Waals surface area contributed by atoms with Gasteiger partial charge in [-0.2, -0.15) is 0 Å². The number of hydrogen-bond donors (Lipinski definition) is 1. The second kappa shape index (κ2) is 5.26. The van der Waals surface area contributed by atoms with Crippen molar-refractivity contribution >= 4 is 16.9 Å². The molecular weight excluding hydrogens is 242 g/mol. The fraction of sp³-hybridized carbons (Fsp3) is 0.333. The summed E-state index contributed by atoms with van der Waals surface area (Å²) in [5.41, 5.74) is 3.17. The van der Waals surface area contributed by atoms with E-state index < -0.39 is 5.63 Å². The molecule has 0 bridgehead atoms. The molecule has 0 saturated carbocycles. The van der Waals surface area contributed by atoms with Gasteiger partial charge in [0.1, 0.15) is 5.58 Å². The minimum absolute atomic E-state index is 0.0368. The Morgan fingerprint density at radius 1 is 1.21 bits per heavy atom. The summed E-state index contributed by atoms with van der Waals surface area (Å²) in [5.74, 6) is -0.0368. The smallest absolute Gasteiger partial charge is 0.336 e. The predicted octanol–water partition coefficient (Wildman–Crippen LogP) is 2.44. The third-order valence-electron chi connectivity index (χ3n) is 3.24. The summed E-state index contributed by atoms with van der Waals surface area (Å²) in [6.45, 7) is 6.12. The summed E-state index contributed by atoms with van der Waals surface area (Å²) < 4.78 is 5.20. The van der Waals surface area contributed by atoms with Crippen LogP contribution in [0.1, 0.15) is 30.0 Å². The quantitative estimate of drug-likeness (QED) is 0.861. The molecule has 4 nitrogen and oxygen atoms in total. The normalized spacial score (nSPS) is 10.7. The minimum atomic E-state index is -0.392. The first-order valence-corrected chi connectivity index (χ1v) is 6.32. The Bertz CT molecular complexity index is 686. The second-order valence-electron chi connectivity index (χ2n) is 4.65. The molecule has 0 atom stereocenters. The summed E-state index contributed by atoms with van der Waals surface area (Å²) >= 11 is 0. The summed E-state index contributed by atoms with van der Waals surface area (Å²) in [5, 5.41) is 3.66. The summed E-state index contributed by atoms with van der Waals surface area (Å²) in [6.07, 6.45) is 0.428. The minimum Gasteiger partial charge on any atom is -0.423 e. The zero-order valence-electron chi connectivity index (χ0n) is 11.4. The maximum atomic E-state index is 11.5. The van der Waals surface area contributed by atoms with Crippen molar-refractivity contribution in [2.75, 3.05) is 0 Å². The van der Waals surface area contributed by atoms with Gasteiger partial charge in [-0.05, 0) is 42.7 Å². The molecule has 0 fully saturated rings. The van der Waals surface area contributed by atoms with Crippen LogP contribution in [0.5, 0.6) is 0 Å². The largest absolute Gasteiger partial charge is 0.423 e. The summed E-state index contributed by atoms with van der Waals surface area (Å²) in [6, 6.07) is 5.28. The highest BCUT2D eigenvalue weighted by Gasteiger charge is 2.08. The van der Waals surface area contributed by atoms with E-state index in [9.17, 15) is 9.59 Å². The maximum Gasteiger partial charge on any atom is 0.336 e. The molecule has 0 spiro atoms. The van der Waals surface area contributed by atoms with Crippen LogP contribution < -0.4 is 10.9 Å². The van der Waals surface area contributed by atoms with Crippen molar-refractivity contribution in [2.45, 2.75) is 33.7 Å². The van der Waals surface area contributed by atoms with Crippen molar-refractivity contribution in [3.05, 3.63) is 45.3 Å². The van der Waals surface area contributed by atoms with Gasteiger partial charge in [-0.1, -0.05) is 6.92 Å². The Morgan fingerprint density at radius 3 is 2.58 bits per heavy atom. The number of amides is 1. The predicted molar refractivity (Wildman–Crippen MR) is 74.1 cm³/mol. The molecule has 0 radical (unpaired) electrons. The van der Waals surface area contributed by atoms with Gasteiger partial charge in [-0.25, -0.2) is 4.79 Å². The zero-order valence-corrected chi connectivity index (χ0v) is 11.4. The molecule has 1 aromatic heterocycles. The zero-order chi connectivity index (χ0) is 14.0. The molecular formula is C15H17NO3. The average Bonchev–Trinajstić information content (AvgIpc) is 2.37. The first kappa shape index (κ1) is 13.3. The van der Waals surface area contributed by atoms with Crippen LogP contribution in [0.4, 0.5) is 0 Å². The van der Waals surface area contributed by atoms with Crippen molar-refractivity contribution in [1.82, 2.24) is 5.32 Å². The number of hydrogen-bond acceptors (Lipinski definition) is 3. The number of carbonyl (C=O) groups excluding carboxylic acids is 1. The van der Waals surface area contributed by atoms with Crippen LogP contribution in [0.15, 0.2) is 27.4 Å². The second-order valence-corrected chi connectivity index (χ2v) is 4.65. The monoisotopic (exact) mass is 259 g/mol. The molecule has 2 aromatic rings. The maximum absolute atomic E-state index is 11.5. The first-order chi connectivity index (χ1) is 9.01. The summed E-state index contributed by atoms with van der Waals surface area (Å²) in [7, 11) is 0. The lowest BCUT2D eigenvalue weighted by atomic mass is 10.0. The highest BCUT2D eigenvalue weighted by atomic mass is 16.4. The van der Waals surface area contributed by atoms with E-state index in [1.807, 2.05) is 26.0 Å². The molecule has 2 rings (SSSR count). The Hall–Kier alpha value is -2.10. The molecule has 0 saturated heterocycles. The number of benzene rings is 1. The van der Waals surface area contributed by atoms with Crippen LogP contribution in [0, 0.1) is 13.8 Å². The van der Waals surface area contributed by atoms with Gasteiger partial charge in [-0.15, -0.1) is 0 Å². The van der Waals surface area contributed by atoms with E-state index >= 15 is 0 Å². The molecule has 1 N–H and O–H groups in total. The molecule has 100 valence electrons. The van der Waals surface area contributed by atoms with Gasteiger partial charge in [0.25, 0.3) is 0 Å². The first-order valence-electron chi connectivity index (χ1n) is 6.32. The Morgan fingerprint density at radius 2 is 1.89 bits per heavy atom. The number of carbonyl (C=O) groups is 1. The average molecular weight is 259 g/mol. The number of aryl methyl sites for hydroxylation is 2. The van der Waals surface area contributed by atoms with E-state index in [2.05, 4.69) is 5.32 Å². The molecule has 19 heavy (non-hydrogen) atoms. The van der Waals surface area contributed by atoms with Crippen LogP contribution in [0.25, 0.3) is 11.0 Å². The highest BCUT2D eigenvalue weighted by Crippen LogP contribution is 2.21. The van der Waals surface area contributed by atoms with Crippen molar-refractivity contribution in [3.8, 4) is 0 Å². The Balaban J connectivity index is 2.50. The topological polar surface area (TPSA) is 59.3 Å². The lowest BCUT2D eigenvalue weighted by Crippen LogP contribution is -2.22. The fourth-order valence-corrected chi connectivity index (χ4v) is 1.95. The SMILES string of the molecule is CCC(=O)NCc1cc(=O)oc2cc(C)c(C)cc12. The number of fused-ring (bicyclic) bond motifs is 1. The van der Waals surface area contributed by atoms with Crippen molar-refractivity contribution in [1.29, 1.82) is 0 Å². The molecule has 0 aliphatic rings. The van der Waals surface area contributed by atoms with Crippen molar-refractivity contribution in [2.24, 2.45) is 0 Å². The van der Waals surface area contributed by atoms with Gasteiger partial charge in [0.05, 0.1) is 0 Å². The van der Waals surface area contributed by atoms with Gasteiger partial charge in [-0.3, -0.25) is 4.79 Å². The van der Waals surface area contributed by atoms with Crippen LogP contribution in [-0.2, 0) is 11.3 Å². The third kappa shape index (κ3) is 2.84. The van der Waals surface area contributed by atoms with Crippen LogP contribution in [-0.4, -0.2) is 5.91 Å². The highest BCUT2D eigenvalue weighted by molar-refractivity contribution is 5.82. The fourth-order valence-electron chi connectivity index (χ4n) is 1.95. The van der Waals surface area contributed by atoms with E-state index in [-0.39, 0.29) is 5.91 Å². The van der Waals surface area contributed by atoms with E-state index in [1.165, 1.54) is 6.07 Å². The molecule has 4 heteroatoms. The van der Waals surface area contributed by atoms with Crippen molar-refractivity contribution < 1.29 is 9.21 Å². The standard InChI is InChI=1S/C15H17NO3/c1-4-14(17)16-8-11-7-15(18)19-13-6-10(3)9(2)5-12(11)13/h5-7H,4,8H2,1-3H3,(H,16,17). The molecule has 1 amide bonds. The van der Waals surface area contributed by atoms with Gasteiger partial charge in [0.15, 0.2) is 0 Å². The summed E-state index contributed by atoms with van der Waals surface area (Å²) in [4.78, 5) is 22.8.